The highest BCUT2D eigenvalue weighted by Gasteiger charge is 2.21. The Morgan fingerprint density at radius 3 is 2.48 bits per heavy atom. The molecule has 0 saturated heterocycles. The summed E-state index contributed by atoms with van der Waals surface area (Å²) in [6, 6.07) is 15.5. The fraction of sp³-hybridized carbons (Fsp3) is 0.333. The van der Waals surface area contributed by atoms with Crippen molar-refractivity contribution >= 4 is 17.5 Å². The van der Waals surface area contributed by atoms with Crippen molar-refractivity contribution in [2.45, 2.75) is 39.2 Å². The molecule has 4 nitrogen and oxygen atoms in total. The van der Waals surface area contributed by atoms with Gasteiger partial charge in [0, 0.05) is 30.8 Å². The number of hydrogen-bond donors (Lipinski definition) is 1. The van der Waals surface area contributed by atoms with Crippen LogP contribution < -0.4 is 5.32 Å². The molecule has 4 heteroatoms. The summed E-state index contributed by atoms with van der Waals surface area (Å²) in [5.74, 6) is 0.0620. The van der Waals surface area contributed by atoms with Gasteiger partial charge >= 0.3 is 0 Å². The lowest BCUT2D eigenvalue weighted by atomic mass is 9.99. The Balaban J connectivity index is 1.62. The zero-order chi connectivity index (χ0) is 17.6. The topological polar surface area (TPSA) is 49.4 Å². The molecule has 0 saturated carbocycles. The van der Waals surface area contributed by atoms with E-state index in [-0.39, 0.29) is 11.8 Å². The van der Waals surface area contributed by atoms with E-state index >= 15 is 0 Å². The molecular weight excluding hydrogens is 312 g/mol. The first-order chi connectivity index (χ1) is 12.2. The van der Waals surface area contributed by atoms with Gasteiger partial charge in [-0.1, -0.05) is 37.6 Å². The number of unbranched alkanes of at least 4 members (excludes halogenated alkanes) is 1. The molecule has 1 aliphatic heterocycles. The highest BCUT2D eigenvalue weighted by atomic mass is 16.2. The van der Waals surface area contributed by atoms with Crippen LogP contribution in [0.5, 0.6) is 0 Å². The number of carbonyl (C=O) groups excluding carboxylic acids is 2. The van der Waals surface area contributed by atoms with Crippen molar-refractivity contribution in [3.8, 4) is 0 Å². The van der Waals surface area contributed by atoms with Gasteiger partial charge in [0.05, 0.1) is 0 Å². The van der Waals surface area contributed by atoms with Crippen LogP contribution in [0.3, 0.4) is 0 Å². The summed E-state index contributed by atoms with van der Waals surface area (Å²) in [7, 11) is 0. The Labute approximate surface area is 148 Å². The summed E-state index contributed by atoms with van der Waals surface area (Å²) in [6.07, 6.45) is 3.32. The predicted octanol–water partition coefficient (Wildman–Crippen LogP) is 4.01. The summed E-state index contributed by atoms with van der Waals surface area (Å²) >= 11 is 0. The van der Waals surface area contributed by atoms with Crippen LogP contribution in [-0.4, -0.2) is 23.3 Å². The molecule has 1 aliphatic rings. The van der Waals surface area contributed by atoms with Crippen molar-refractivity contribution in [2.24, 2.45) is 0 Å². The SMILES string of the molecule is CCCCC(=O)Nc1ccc(C(=O)N2CCc3ccccc3C2)cc1. The van der Waals surface area contributed by atoms with Crippen LogP contribution in [0.4, 0.5) is 5.69 Å². The quantitative estimate of drug-likeness (QED) is 0.897. The van der Waals surface area contributed by atoms with Gasteiger partial charge in [0.2, 0.25) is 5.91 Å². The van der Waals surface area contributed by atoms with E-state index in [1.807, 2.05) is 17.0 Å². The lowest BCUT2D eigenvalue weighted by molar-refractivity contribution is -0.116. The van der Waals surface area contributed by atoms with Gasteiger partial charge in [-0.15, -0.1) is 0 Å². The minimum atomic E-state index is 0.0218. The average Bonchev–Trinajstić information content (AvgIpc) is 2.66. The maximum atomic E-state index is 12.7. The van der Waals surface area contributed by atoms with Crippen LogP contribution in [0, 0.1) is 0 Å². The lowest BCUT2D eigenvalue weighted by Gasteiger charge is -2.29. The second kappa shape index (κ2) is 7.97. The summed E-state index contributed by atoms with van der Waals surface area (Å²) < 4.78 is 0. The van der Waals surface area contributed by atoms with E-state index in [1.54, 1.807) is 24.3 Å². The Morgan fingerprint density at radius 1 is 1.04 bits per heavy atom. The van der Waals surface area contributed by atoms with Crippen molar-refractivity contribution in [3.05, 3.63) is 65.2 Å². The molecule has 0 aromatic heterocycles. The van der Waals surface area contributed by atoms with Crippen molar-refractivity contribution in [1.29, 1.82) is 0 Å². The molecule has 0 atom stereocenters. The van der Waals surface area contributed by atoms with E-state index in [9.17, 15) is 9.59 Å². The second-order valence-electron chi connectivity index (χ2n) is 6.47. The van der Waals surface area contributed by atoms with Crippen molar-refractivity contribution in [1.82, 2.24) is 4.90 Å². The highest BCUT2D eigenvalue weighted by molar-refractivity contribution is 5.96. The second-order valence-corrected chi connectivity index (χ2v) is 6.47. The molecule has 0 unspecified atom stereocenters. The molecule has 1 N–H and O–H groups in total. The first kappa shape index (κ1) is 17.2. The van der Waals surface area contributed by atoms with Gasteiger partial charge < -0.3 is 10.2 Å². The molecule has 2 aromatic rings. The third-order valence-electron chi connectivity index (χ3n) is 4.59. The van der Waals surface area contributed by atoms with Gasteiger partial charge in [-0.25, -0.2) is 0 Å². The third-order valence-corrected chi connectivity index (χ3v) is 4.59. The first-order valence-corrected chi connectivity index (χ1v) is 8.93. The average molecular weight is 336 g/mol. The first-order valence-electron chi connectivity index (χ1n) is 8.93. The van der Waals surface area contributed by atoms with Crippen molar-refractivity contribution in [2.75, 3.05) is 11.9 Å². The standard InChI is InChI=1S/C21H24N2O2/c1-2-3-8-20(24)22-19-11-9-17(10-12-19)21(25)23-14-13-16-6-4-5-7-18(16)15-23/h4-7,9-12H,2-3,8,13-15H2,1H3,(H,22,24). The molecule has 0 spiro atoms. The normalized spacial score (nSPS) is 13.2. The number of benzene rings is 2. The number of nitrogens with one attached hydrogen (secondary N) is 1. The molecule has 0 aliphatic carbocycles. The summed E-state index contributed by atoms with van der Waals surface area (Å²) in [5, 5.41) is 2.87. The molecule has 2 aromatic carbocycles. The van der Waals surface area contributed by atoms with Crippen molar-refractivity contribution < 1.29 is 9.59 Å². The largest absolute Gasteiger partial charge is 0.334 e. The number of rotatable bonds is 5. The minimum absolute atomic E-state index is 0.0218. The third kappa shape index (κ3) is 4.27. The molecule has 130 valence electrons. The monoisotopic (exact) mass is 336 g/mol. The lowest BCUT2D eigenvalue weighted by Crippen LogP contribution is -2.35. The van der Waals surface area contributed by atoms with Gasteiger partial charge in [0.25, 0.3) is 5.91 Å². The number of nitrogens with zero attached hydrogens (tertiary/aromatic N) is 1. The molecule has 25 heavy (non-hydrogen) atoms. The van der Waals surface area contributed by atoms with Crippen LogP contribution in [-0.2, 0) is 17.8 Å². The predicted molar refractivity (Wildman–Crippen MR) is 99.5 cm³/mol. The molecule has 3 rings (SSSR count). The van der Waals surface area contributed by atoms with Gasteiger partial charge in [-0.05, 0) is 48.2 Å². The van der Waals surface area contributed by atoms with E-state index in [0.29, 0.717) is 18.5 Å². The van der Waals surface area contributed by atoms with Gasteiger partial charge in [-0.3, -0.25) is 9.59 Å². The van der Waals surface area contributed by atoms with E-state index in [0.717, 1.165) is 31.5 Å². The Hall–Kier alpha value is -2.62. The van der Waals surface area contributed by atoms with Crippen molar-refractivity contribution in [3.63, 3.8) is 0 Å². The fourth-order valence-electron chi connectivity index (χ4n) is 3.11. The molecule has 2 amide bonds. The van der Waals surface area contributed by atoms with Crippen LogP contribution in [0.1, 0.15) is 47.7 Å². The number of anilines is 1. The zero-order valence-corrected chi connectivity index (χ0v) is 14.6. The minimum Gasteiger partial charge on any atom is -0.334 e. The number of hydrogen-bond acceptors (Lipinski definition) is 2. The number of fused-ring (bicyclic) bond motifs is 1. The maximum absolute atomic E-state index is 12.7. The Morgan fingerprint density at radius 2 is 1.76 bits per heavy atom. The summed E-state index contributed by atoms with van der Waals surface area (Å²) in [5.41, 5.74) is 3.95. The van der Waals surface area contributed by atoms with Gasteiger partial charge in [-0.2, -0.15) is 0 Å². The van der Waals surface area contributed by atoms with E-state index in [2.05, 4.69) is 24.4 Å². The Bertz CT molecular complexity index is 753. The van der Waals surface area contributed by atoms with E-state index < -0.39 is 0 Å². The molecule has 0 bridgehead atoms. The van der Waals surface area contributed by atoms with Crippen LogP contribution in [0.25, 0.3) is 0 Å². The van der Waals surface area contributed by atoms with Gasteiger partial charge in [0.1, 0.15) is 0 Å². The zero-order valence-electron chi connectivity index (χ0n) is 14.6. The van der Waals surface area contributed by atoms with Crippen LogP contribution >= 0.6 is 0 Å². The van der Waals surface area contributed by atoms with E-state index in [4.69, 9.17) is 0 Å². The molecule has 0 fully saturated rings. The number of amides is 2. The number of carbonyl (C=O) groups is 2. The Kier molecular flexibility index (Phi) is 5.49. The fourth-order valence-corrected chi connectivity index (χ4v) is 3.11. The smallest absolute Gasteiger partial charge is 0.254 e. The van der Waals surface area contributed by atoms with Crippen LogP contribution in [0.2, 0.25) is 0 Å². The molecular formula is C21H24N2O2. The molecule has 0 radical (unpaired) electrons. The summed E-state index contributed by atoms with van der Waals surface area (Å²) in [6.45, 7) is 3.46. The highest BCUT2D eigenvalue weighted by Crippen LogP contribution is 2.21. The van der Waals surface area contributed by atoms with Gasteiger partial charge in [0.15, 0.2) is 0 Å². The summed E-state index contributed by atoms with van der Waals surface area (Å²) in [4.78, 5) is 26.4. The van der Waals surface area contributed by atoms with Crippen LogP contribution in [0.15, 0.2) is 48.5 Å². The van der Waals surface area contributed by atoms with E-state index in [1.165, 1.54) is 11.1 Å². The maximum Gasteiger partial charge on any atom is 0.254 e. The molecule has 1 heterocycles.